The highest BCUT2D eigenvalue weighted by Gasteiger charge is 2.25. The molecule has 1 N–H and O–H groups in total. The minimum absolute atomic E-state index is 0.553. The van der Waals surface area contributed by atoms with E-state index in [0.29, 0.717) is 12.0 Å². The van der Waals surface area contributed by atoms with E-state index in [4.69, 9.17) is 4.98 Å². The molecule has 1 unspecified atom stereocenters. The van der Waals surface area contributed by atoms with Crippen molar-refractivity contribution in [2.75, 3.05) is 24.5 Å². The third kappa shape index (κ3) is 3.92. The normalized spacial score (nSPS) is 19.6. The maximum atomic E-state index is 4.73. The number of hydrogen-bond acceptors (Lipinski definition) is 4. The van der Waals surface area contributed by atoms with Crippen LogP contribution in [-0.4, -0.2) is 35.6 Å². The molecule has 1 atom stereocenters. The van der Waals surface area contributed by atoms with Gasteiger partial charge in [-0.05, 0) is 45.6 Å². The molecule has 1 aromatic heterocycles. The van der Waals surface area contributed by atoms with E-state index < -0.39 is 0 Å². The second kappa shape index (κ2) is 7.02. The van der Waals surface area contributed by atoms with Gasteiger partial charge >= 0.3 is 0 Å². The van der Waals surface area contributed by atoms with Crippen LogP contribution in [0.4, 0.5) is 5.82 Å². The highest BCUT2D eigenvalue weighted by Crippen LogP contribution is 2.25. The molecule has 1 aliphatic rings. The standard InChI is InChI=1S/C16H28N4/c1-12(2)9-17-11-15-7-5-6-8-20(15)16-14(4)18-10-13(3)19-16/h10,12,15,17H,5-9,11H2,1-4H3. The molecule has 4 nitrogen and oxygen atoms in total. The molecule has 1 aromatic rings. The Morgan fingerprint density at radius 2 is 2.15 bits per heavy atom. The summed E-state index contributed by atoms with van der Waals surface area (Å²) in [5.41, 5.74) is 2.05. The van der Waals surface area contributed by atoms with Gasteiger partial charge in [-0.2, -0.15) is 0 Å². The minimum Gasteiger partial charge on any atom is -0.351 e. The summed E-state index contributed by atoms with van der Waals surface area (Å²) in [6, 6.07) is 0.553. The number of hydrogen-bond donors (Lipinski definition) is 1. The monoisotopic (exact) mass is 276 g/mol. The molecule has 4 heteroatoms. The van der Waals surface area contributed by atoms with Crippen LogP contribution in [0, 0.1) is 19.8 Å². The van der Waals surface area contributed by atoms with Gasteiger partial charge in [0, 0.05) is 25.3 Å². The van der Waals surface area contributed by atoms with Gasteiger partial charge in [-0.1, -0.05) is 13.8 Å². The molecule has 2 heterocycles. The second-order valence-corrected chi connectivity index (χ2v) is 6.32. The molecule has 0 radical (unpaired) electrons. The molecule has 1 aliphatic heterocycles. The van der Waals surface area contributed by atoms with E-state index >= 15 is 0 Å². The summed E-state index contributed by atoms with van der Waals surface area (Å²) < 4.78 is 0. The molecule has 1 saturated heterocycles. The molecule has 0 spiro atoms. The van der Waals surface area contributed by atoms with Crippen LogP contribution < -0.4 is 10.2 Å². The molecule has 0 aromatic carbocycles. The quantitative estimate of drug-likeness (QED) is 0.898. The number of anilines is 1. The van der Waals surface area contributed by atoms with Crippen molar-refractivity contribution in [3.8, 4) is 0 Å². The summed E-state index contributed by atoms with van der Waals surface area (Å²) in [5, 5.41) is 3.60. The van der Waals surface area contributed by atoms with Gasteiger partial charge in [-0.25, -0.2) is 4.98 Å². The molecular formula is C16H28N4. The zero-order chi connectivity index (χ0) is 14.5. The van der Waals surface area contributed by atoms with Crippen LogP contribution in [-0.2, 0) is 0 Å². The number of piperidine rings is 1. The lowest BCUT2D eigenvalue weighted by Gasteiger charge is -2.37. The molecule has 1 fully saturated rings. The van der Waals surface area contributed by atoms with Crippen LogP contribution in [0.25, 0.3) is 0 Å². The molecule has 0 aliphatic carbocycles. The van der Waals surface area contributed by atoms with Crippen LogP contribution in [0.5, 0.6) is 0 Å². The first kappa shape index (κ1) is 15.2. The fourth-order valence-electron chi connectivity index (χ4n) is 2.83. The Labute approximate surface area is 123 Å². The van der Waals surface area contributed by atoms with Crippen molar-refractivity contribution in [3.05, 3.63) is 17.6 Å². The molecule has 0 bridgehead atoms. The zero-order valence-corrected chi connectivity index (χ0v) is 13.3. The lowest BCUT2D eigenvalue weighted by molar-refractivity contribution is 0.419. The van der Waals surface area contributed by atoms with Gasteiger partial charge < -0.3 is 10.2 Å². The van der Waals surface area contributed by atoms with Gasteiger partial charge in [0.25, 0.3) is 0 Å². The van der Waals surface area contributed by atoms with Crippen molar-refractivity contribution in [3.63, 3.8) is 0 Å². The maximum Gasteiger partial charge on any atom is 0.150 e. The van der Waals surface area contributed by atoms with Gasteiger partial charge in [-0.3, -0.25) is 4.98 Å². The third-order valence-electron chi connectivity index (χ3n) is 3.88. The first-order valence-electron chi connectivity index (χ1n) is 7.85. The van der Waals surface area contributed by atoms with Crippen LogP contribution in [0.15, 0.2) is 6.20 Å². The van der Waals surface area contributed by atoms with Crippen LogP contribution in [0.3, 0.4) is 0 Å². The van der Waals surface area contributed by atoms with E-state index in [9.17, 15) is 0 Å². The Morgan fingerprint density at radius 3 is 2.90 bits per heavy atom. The summed E-state index contributed by atoms with van der Waals surface area (Å²) in [6.45, 7) is 11.8. The number of nitrogens with one attached hydrogen (secondary N) is 1. The highest BCUT2D eigenvalue weighted by atomic mass is 15.2. The van der Waals surface area contributed by atoms with E-state index in [0.717, 1.165) is 36.8 Å². The number of rotatable bonds is 5. The number of aromatic nitrogens is 2. The minimum atomic E-state index is 0.553. The smallest absolute Gasteiger partial charge is 0.150 e. The van der Waals surface area contributed by atoms with E-state index in [1.165, 1.54) is 19.3 Å². The van der Waals surface area contributed by atoms with Crippen LogP contribution in [0.2, 0.25) is 0 Å². The van der Waals surface area contributed by atoms with Gasteiger partial charge in [-0.15, -0.1) is 0 Å². The lowest BCUT2D eigenvalue weighted by Crippen LogP contribution is -2.47. The topological polar surface area (TPSA) is 41.1 Å². The van der Waals surface area contributed by atoms with Crippen LogP contribution in [0.1, 0.15) is 44.5 Å². The van der Waals surface area contributed by atoms with Gasteiger partial charge in [0.2, 0.25) is 0 Å². The molecule has 0 saturated carbocycles. The number of nitrogens with zero attached hydrogens (tertiary/aromatic N) is 3. The lowest BCUT2D eigenvalue weighted by atomic mass is 10.0. The third-order valence-corrected chi connectivity index (χ3v) is 3.88. The molecule has 20 heavy (non-hydrogen) atoms. The summed E-state index contributed by atoms with van der Waals surface area (Å²) in [5.74, 6) is 1.79. The van der Waals surface area contributed by atoms with E-state index in [1.807, 2.05) is 13.1 Å². The van der Waals surface area contributed by atoms with Crippen molar-refractivity contribution in [1.29, 1.82) is 0 Å². The highest BCUT2D eigenvalue weighted by molar-refractivity contribution is 5.45. The fraction of sp³-hybridized carbons (Fsp3) is 0.750. The predicted octanol–water partition coefficient (Wildman–Crippen LogP) is 2.70. The number of aryl methyl sites for hydroxylation is 2. The Hall–Kier alpha value is -1.16. The van der Waals surface area contributed by atoms with E-state index in [1.54, 1.807) is 0 Å². The Morgan fingerprint density at radius 1 is 1.35 bits per heavy atom. The molecular weight excluding hydrogens is 248 g/mol. The van der Waals surface area contributed by atoms with Crippen molar-refractivity contribution >= 4 is 5.82 Å². The first-order chi connectivity index (χ1) is 9.58. The van der Waals surface area contributed by atoms with Crippen molar-refractivity contribution < 1.29 is 0 Å². The van der Waals surface area contributed by atoms with Crippen molar-refractivity contribution in [1.82, 2.24) is 15.3 Å². The zero-order valence-electron chi connectivity index (χ0n) is 13.3. The average Bonchev–Trinajstić information content (AvgIpc) is 2.42. The van der Waals surface area contributed by atoms with E-state index in [2.05, 4.69) is 36.0 Å². The molecule has 2 rings (SSSR count). The predicted molar refractivity (Wildman–Crippen MR) is 84.2 cm³/mol. The maximum absolute atomic E-state index is 4.73. The summed E-state index contributed by atoms with van der Waals surface area (Å²) in [7, 11) is 0. The second-order valence-electron chi connectivity index (χ2n) is 6.32. The Kier molecular flexibility index (Phi) is 5.35. The Bertz CT molecular complexity index is 430. The van der Waals surface area contributed by atoms with Crippen molar-refractivity contribution in [2.45, 2.75) is 53.0 Å². The average molecular weight is 276 g/mol. The fourth-order valence-corrected chi connectivity index (χ4v) is 2.83. The van der Waals surface area contributed by atoms with Gasteiger partial charge in [0.05, 0.1) is 11.4 Å². The summed E-state index contributed by atoms with van der Waals surface area (Å²) in [4.78, 5) is 11.7. The first-order valence-corrected chi connectivity index (χ1v) is 7.85. The largest absolute Gasteiger partial charge is 0.351 e. The van der Waals surface area contributed by atoms with Crippen LogP contribution >= 0.6 is 0 Å². The van der Waals surface area contributed by atoms with E-state index in [-0.39, 0.29) is 0 Å². The SMILES string of the molecule is Cc1cnc(C)c(N2CCCCC2CNCC(C)C)n1. The van der Waals surface area contributed by atoms with Crippen molar-refractivity contribution in [2.24, 2.45) is 5.92 Å². The van der Waals surface area contributed by atoms with Gasteiger partial charge in [0.1, 0.15) is 0 Å². The summed E-state index contributed by atoms with van der Waals surface area (Å²) >= 11 is 0. The molecule has 0 amide bonds. The Balaban J connectivity index is 2.07. The summed E-state index contributed by atoms with van der Waals surface area (Å²) in [6.07, 6.45) is 5.69. The molecule has 112 valence electrons. The van der Waals surface area contributed by atoms with Gasteiger partial charge in [0.15, 0.2) is 5.82 Å².